The summed E-state index contributed by atoms with van der Waals surface area (Å²) >= 11 is 0. The number of fused-ring (bicyclic) bond motifs is 1. The van der Waals surface area contributed by atoms with E-state index in [9.17, 15) is 5.26 Å². The highest BCUT2D eigenvalue weighted by Gasteiger charge is 2.21. The lowest BCUT2D eigenvalue weighted by Crippen LogP contribution is -2.17. The molecule has 3 heterocycles. The van der Waals surface area contributed by atoms with Crippen molar-refractivity contribution in [3.05, 3.63) is 41.7 Å². The normalized spacial score (nSPS) is 16.6. The van der Waals surface area contributed by atoms with Crippen LogP contribution >= 0.6 is 0 Å². The van der Waals surface area contributed by atoms with E-state index in [2.05, 4.69) is 17.0 Å². The van der Waals surface area contributed by atoms with Crippen LogP contribution in [0.3, 0.4) is 0 Å². The molecule has 0 bridgehead atoms. The number of nitrogens with zero attached hydrogens (tertiary/aromatic N) is 4. The van der Waals surface area contributed by atoms with Gasteiger partial charge < -0.3 is 9.47 Å². The largest absolute Gasteiger partial charge is 0.495 e. The second kappa shape index (κ2) is 7.11. The average molecular weight is 358 g/mol. The van der Waals surface area contributed by atoms with Crippen molar-refractivity contribution in [3.63, 3.8) is 0 Å². The molecule has 1 aliphatic rings. The van der Waals surface area contributed by atoms with Crippen LogP contribution in [0.4, 0.5) is 0 Å². The van der Waals surface area contributed by atoms with Crippen LogP contribution in [-0.4, -0.2) is 28.3 Å². The molecule has 1 unspecified atom stereocenters. The van der Waals surface area contributed by atoms with Crippen LogP contribution in [0.25, 0.3) is 22.4 Å². The van der Waals surface area contributed by atoms with Crippen molar-refractivity contribution in [2.45, 2.75) is 25.5 Å². The number of hydrogen-bond donors (Lipinski definition) is 0. The van der Waals surface area contributed by atoms with Crippen LogP contribution in [0.2, 0.25) is 0 Å². The molecular weight excluding hydrogens is 340 g/mol. The summed E-state index contributed by atoms with van der Waals surface area (Å²) < 4.78 is 13.3. The number of nitriles is 1. The fourth-order valence-electron chi connectivity index (χ4n) is 3.46. The number of imidazole rings is 1. The maximum Gasteiger partial charge on any atom is 0.163 e. The molecule has 6 nitrogen and oxygen atoms in total. The predicted molar refractivity (Wildman–Crippen MR) is 101 cm³/mol. The molecule has 0 saturated carbocycles. The number of hydrogen-bond acceptors (Lipinski definition) is 5. The van der Waals surface area contributed by atoms with Crippen LogP contribution in [0, 0.1) is 23.7 Å². The summed E-state index contributed by atoms with van der Waals surface area (Å²) in [4.78, 5) is 9.28. The van der Waals surface area contributed by atoms with Gasteiger partial charge in [0.25, 0.3) is 0 Å². The quantitative estimate of drug-likeness (QED) is 0.668. The van der Waals surface area contributed by atoms with Gasteiger partial charge in [-0.2, -0.15) is 5.26 Å². The van der Waals surface area contributed by atoms with Gasteiger partial charge in [-0.05, 0) is 37.5 Å². The molecule has 3 aromatic rings. The first kappa shape index (κ1) is 17.1. The van der Waals surface area contributed by atoms with Gasteiger partial charge in [-0.3, -0.25) is 4.57 Å². The number of methoxy groups -OCH3 is 1. The third kappa shape index (κ3) is 2.91. The molecule has 27 heavy (non-hydrogen) atoms. The fraction of sp³-hybridized carbons (Fsp3) is 0.286. The molecule has 2 aromatic heterocycles. The Morgan fingerprint density at radius 3 is 2.93 bits per heavy atom. The van der Waals surface area contributed by atoms with Crippen LogP contribution < -0.4 is 4.74 Å². The zero-order valence-corrected chi connectivity index (χ0v) is 15.0. The van der Waals surface area contributed by atoms with E-state index < -0.39 is 0 Å². The van der Waals surface area contributed by atoms with Gasteiger partial charge in [-0.25, -0.2) is 9.97 Å². The molecule has 1 saturated heterocycles. The zero-order chi connectivity index (χ0) is 18.8. The Morgan fingerprint density at radius 1 is 1.33 bits per heavy atom. The Kier molecular flexibility index (Phi) is 4.50. The van der Waals surface area contributed by atoms with Crippen molar-refractivity contribution in [1.29, 1.82) is 5.26 Å². The fourth-order valence-corrected chi connectivity index (χ4v) is 3.46. The highest BCUT2D eigenvalue weighted by atomic mass is 16.5. The van der Waals surface area contributed by atoms with E-state index in [1.165, 1.54) is 0 Å². The molecule has 0 N–H and O–H groups in total. The lowest BCUT2D eigenvalue weighted by atomic mass is 10.0. The van der Waals surface area contributed by atoms with Crippen molar-refractivity contribution in [2.75, 3.05) is 13.7 Å². The van der Waals surface area contributed by atoms with Gasteiger partial charge in [-0.15, -0.1) is 6.42 Å². The van der Waals surface area contributed by atoms with E-state index in [0.29, 0.717) is 39.3 Å². The van der Waals surface area contributed by atoms with E-state index in [1.807, 2.05) is 10.6 Å². The Labute approximate surface area is 157 Å². The summed E-state index contributed by atoms with van der Waals surface area (Å²) in [7, 11) is 1.54. The summed E-state index contributed by atoms with van der Waals surface area (Å²) in [6.45, 7) is 0.726. The van der Waals surface area contributed by atoms with Gasteiger partial charge in [0.1, 0.15) is 23.6 Å². The molecule has 1 aromatic carbocycles. The van der Waals surface area contributed by atoms with Crippen molar-refractivity contribution < 1.29 is 9.47 Å². The molecule has 1 fully saturated rings. The van der Waals surface area contributed by atoms with Gasteiger partial charge in [0, 0.05) is 12.2 Å². The number of para-hydroxylation sites is 1. The lowest BCUT2D eigenvalue weighted by molar-refractivity contribution is -0.0298. The Balaban J connectivity index is 1.93. The SMILES string of the molecule is C#Cc1cc(-c2cccc(C#N)c2OC)nc2c1ncn2C1CCCCO1. The second-order valence-electron chi connectivity index (χ2n) is 6.34. The van der Waals surface area contributed by atoms with Crippen LogP contribution in [0.15, 0.2) is 30.6 Å². The average Bonchev–Trinajstić information content (AvgIpc) is 3.17. The standard InChI is InChI=1S/C21H18N4O2/c1-3-14-11-17(16-8-6-7-15(12-22)20(16)26-2)24-21-19(14)23-13-25(21)18-9-4-5-10-27-18/h1,6-8,11,13,18H,4-5,9-10H2,2H3. The molecule has 1 aliphatic heterocycles. The number of aromatic nitrogens is 3. The topological polar surface area (TPSA) is 73.0 Å². The van der Waals surface area contributed by atoms with Crippen molar-refractivity contribution in [3.8, 4) is 35.4 Å². The predicted octanol–water partition coefficient (Wildman–Crippen LogP) is 3.66. The van der Waals surface area contributed by atoms with E-state index in [1.54, 1.807) is 31.6 Å². The minimum atomic E-state index is -0.0931. The number of pyridine rings is 1. The van der Waals surface area contributed by atoms with Crippen molar-refractivity contribution >= 4 is 11.2 Å². The summed E-state index contributed by atoms with van der Waals surface area (Å²) in [5.41, 5.74) is 3.80. The number of terminal acetylenes is 1. The van der Waals surface area contributed by atoms with Gasteiger partial charge in [0.15, 0.2) is 5.65 Å². The molecule has 1 atom stereocenters. The summed E-state index contributed by atoms with van der Waals surface area (Å²) in [6.07, 6.45) is 10.5. The maximum atomic E-state index is 9.36. The lowest BCUT2D eigenvalue weighted by Gasteiger charge is -2.24. The van der Waals surface area contributed by atoms with Crippen molar-refractivity contribution in [2.24, 2.45) is 0 Å². The van der Waals surface area contributed by atoms with E-state index in [0.717, 1.165) is 25.9 Å². The summed E-state index contributed by atoms with van der Waals surface area (Å²) in [6, 6.07) is 9.34. The van der Waals surface area contributed by atoms with E-state index in [4.69, 9.17) is 20.9 Å². The number of benzene rings is 1. The van der Waals surface area contributed by atoms with E-state index >= 15 is 0 Å². The maximum absolute atomic E-state index is 9.36. The monoisotopic (exact) mass is 358 g/mol. The Bertz CT molecular complexity index is 1080. The van der Waals surface area contributed by atoms with Crippen LogP contribution in [-0.2, 0) is 4.74 Å². The molecular formula is C21H18N4O2. The first-order valence-electron chi connectivity index (χ1n) is 8.80. The van der Waals surface area contributed by atoms with Crippen LogP contribution in [0.1, 0.15) is 36.6 Å². The first-order chi connectivity index (χ1) is 13.3. The zero-order valence-electron chi connectivity index (χ0n) is 15.0. The molecule has 0 amide bonds. The van der Waals surface area contributed by atoms with E-state index in [-0.39, 0.29) is 6.23 Å². The molecule has 0 aliphatic carbocycles. The summed E-state index contributed by atoms with van der Waals surface area (Å²) in [5.74, 6) is 3.18. The molecule has 134 valence electrons. The Morgan fingerprint density at radius 2 is 2.22 bits per heavy atom. The minimum Gasteiger partial charge on any atom is -0.495 e. The Hall–Kier alpha value is -3.35. The third-order valence-electron chi connectivity index (χ3n) is 4.77. The van der Waals surface area contributed by atoms with Gasteiger partial charge in [0.2, 0.25) is 0 Å². The third-order valence-corrected chi connectivity index (χ3v) is 4.77. The van der Waals surface area contributed by atoms with Crippen LogP contribution in [0.5, 0.6) is 5.75 Å². The van der Waals surface area contributed by atoms with Gasteiger partial charge in [0.05, 0.1) is 30.3 Å². The number of rotatable bonds is 3. The highest BCUT2D eigenvalue weighted by molar-refractivity contribution is 5.84. The number of ether oxygens (including phenoxy) is 2. The highest BCUT2D eigenvalue weighted by Crippen LogP contribution is 2.34. The van der Waals surface area contributed by atoms with Gasteiger partial charge >= 0.3 is 0 Å². The molecule has 4 rings (SSSR count). The first-order valence-corrected chi connectivity index (χ1v) is 8.80. The second-order valence-corrected chi connectivity index (χ2v) is 6.34. The molecule has 6 heteroatoms. The molecule has 0 spiro atoms. The van der Waals surface area contributed by atoms with Gasteiger partial charge in [-0.1, -0.05) is 12.0 Å². The smallest absolute Gasteiger partial charge is 0.163 e. The minimum absolute atomic E-state index is 0.0931. The van der Waals surface area contributed by atoms with Crippen molar-refractivity contribution in [1.82, 2.24) is 14.5 Å². The molecule has 0 radical (unpaired) electrons. The summed E-state index contributed by atoms with van der Waals surface area (Å²) in [5, 5.41) is 9.36.